The number of amides is 2. The smallest absolute Gasteiger partial charge is 0.244 e. The first-order chi connectivity index (χ1) is 15.8. The Morgan fingerprint density at radius 2 is 1.68 bits per heavy atom. The molecule has 2 aromatic rings. The summed E-state index contributed by atoms with van der Waals surface area (Å²) in [5, 5.41) is 3.68. The van der Waals surface area contributed by atoms with Gasteiger partial charge in [-0.25, -0.2) is 8.42 Å². The number of sulfonamides is 1. The van der Waals surface area contributed by atoms with Crippen molar-refractivity contribution in [3.63, 3.8) is 0 Å². The summed E-state index contributed by atoms with van der Waals surface area (Å²) >= 11 is 12.2. The second kappa shape index (κ2) is 11.9. The number of carbonyl (C=O) groups excluding carboxylic acids is 2. The molecule has 0 unspecified atom stereocenters. The second-order valence-electron chi connectivity index (χ2n) is 8.67. The van der Waals surface area contributed by atoms with E-state index < -0.39 is 28.5 Å². The number of hydrogen-bond donors (Lipinski definition) is 1. The Kier molecular flexibility index (Phi) is 9.79. The molecule has 1 N–H and O–H groups in total. The molecule has 1 atom stereocenters. The third-order valence-corrected chi connectivity index (χ3v) is 6.81. The quantitative estimate of drug-likeness (QED) is 0.500. The number of hydrogen-bond acceptors (Lipinski definition) is 4. The summed E-state index contributed by atoms with van der Waals surface area (Å²) in [5.74, 6) is -0.620. The first-order valence-corrected chi connectivity index (χ1v) is 13.5. The van der Waals surface area contributed by atoms with E-state index >= 15 is 0 Å². The van der Waals surface area contributed by atoms with Crippen molar-refractivity contribution < 1.29 is 18.0 Å². The van der Waals surface area contributed by atoms with Crippen molar-refractivity contribution in [2.24, 2.45) is 5.92 Å². The highest BCUT2D eigenvalue weighted by Gasteiger charge is 2.30. The van der Waals surface area contributed by atoms with Gasteiger partial charge >= 0.3 is 0 Å². The van der Waals surface area contributed by atoms with Gasteiger partial charge in [0.1, 0.15) is 12.6 Å². The van der Waals surface area contributed by atoms with E-state index in [1.54, 1.807) is 50.2 Å². The van der Waals surface area contributed by atoms with Crippen LogP contribution < -0.4 is 9.62 Å². The Bertz CT molecular complexity index is 1140. The van der Waals surface area contributed by atoms with Gasteiger partial charge in [-0.3, -0.25) is 13.9 Å². The number of anilines is 1. The molecule has 0 heterocycles. The fraction of sp³-hybridized carbons (Fsp3) is 0.417. The third-order valence-electron chi connectivity index (χ3n) is 5.21. The molecule has 0 aliphatic rings. The molecule has 0 aliphatic carbocycles. The van der Waals surface area contributed by atoms with Crippen LogP contribution in [0.25, 0.3) is 0 Å². The standard InChI is InChI=1S/C24H31Cl2N3O4S/c1-16(2)13-27-24(31)18(4)28(14-19-7-6-8-20(25)11-19)23(30)15-29(34(5,32)33)22-12-21(26)10-9-17(22)3/h6-12,16,18H,13-15H2,1-5H3,(H,27,31)/t18-/m1/s1. The van der Waals surface area contributed by atoms with E-state index in [9.17, 15) is 18.0 Å². The fourth-order valence-electron chi connectivity index (χ4n) is 3.31. The second-order valence-corrected chi connectivity index (χ2v) is 11.4. The van der Waals surface area contributed by atoms with E-state index in [-0.39, 0.29) is 18.4 Å². The van der Waals surface area contributed by atoms with Gasteiger partial charge in [-0.2, -0.15) is 0 Å². The molecular weight excluding hydrogens is 497 g/mol. The van der Waals surface area contributed by atoms with E-state index in [1.807, 2.05) is 13.8 Å². The van der Waals surface area contributed by atoms with Crippen LogP contribution in [-0.2, 0) is 26.2 Å². The monoisotopic (exact) mass is 527 g/mol. The molecule has 7 nitrogen and oxygen atoms in total. The number of carbonyl (C=O) groups is 2. The van der Waals surface area contributed by atoms with Crippen LogP contribution in [0.2, 0.25) is 10.0 Å². The van der Waals surface area contributed by atoms with Crippen LogP contribution in [0, 0.1) is 12.8 Å². The lowest BCUT2D eigenvalue weighted by atomic mass is 10.1. The van der Waals surface area contributed by atoms with Crippen molar-refractivity contribution in [1.29, 1.82) is 0 Å². The summed E-state index contributed by atoms with van der Waals surface area (Å²) in [6.45, 7) is 7.35. The zero-order valence-electron chi connectivity index (χ0n) is 20.0. The third kappa shape index (κ3) is 7.89. The number of benzene rings is 2. The van der Waals surface area contributed by atoms with E-state index in [0.717, 1.165) is 10.6 Å². The summed E-state index contributed by atoms with van der Waals surface area (Å²) in [4.78, 5) is 27.7. The molecule has 0 saturated heterocycles. The lowest BCUT2D eigenvalue weighted by Crippen LogP contribution is -2.51. The van der Waals surface area contributed by atoms with Crippen molar-refractivity contribution in [2.75, 3.05) is 23.7 Å². The predicted octanol–water partition coefficient (Wildman–Crippen LogP) is 4.26. The van der Waals surface area contributed by atoms with Gasteiger partial charge < -0.3 is 10.2 Å². The molecular formula is C24H31Cl2N3O4S. The van der Waals surface area contributed by atoms with Gasteiger partial charge in [0.2, 0.25) is 21.8 Å². The highest BCUT2D eigenvalue weighted by atomic mass is 35.5. The number of aryl methyl sites for hydroxylation is 1. The lowest BCUT2D eigenvalue weighted by molar-refractivity contribution is -0.139. The first-order valence-electron chi connectivity index (χ1n) is 10.8. The Hall–Kier alpha value is -2.29. The fourth-order valence-corrected chi connectivity index (χ4v) is 4.59. The highest BCUT2D eigenvalue weighted by Crippen LogP contribution is 2.27. The Balaban J connectivity index is 2.41. The van der Waals surface area contributed by atoms with E-state index in [0.29, 0.717) is 33.4 Å². The van der Waals surface area contributed by atoms with Crippen molar-refractivity contribution in [3.05, 3.63) is 63.6 Å². The maximum atomic E-state index is 13.5. The zero-order valence-corrected chi connectivity index (χ0v) is 22.3. The maximum absolute atomic E-state index is 13.5. The predicted molar refractivity (Wildman–Crippen MR) is 138 cm³/mol. The van der Waals surface area contributed by atoms with Crippen molar-refractivity contribution >= 4 is 50.7 Å². The highest BCUT2D eigenvalue weighted by molar-refractivity contribution is 7.92. The summed E-state index contributed by atoms with van der Waals surface area (Å²) in [6.07, 6.45) is 1.03. The Morgan fingerprint density at radius 1 is 1.03 bits per heavy atom. The summed E-state index contributed by atoms with van der Waals surface area (Å²) < 4.78 is 26.3. The van der Waals surface area contributed by atoms with Gasteiger partial charge in [-0.15, -0.1) is 0 Å². The summed E-state index contributed by atoms with van der Waals surface area (Å²) in [5.41, 5.74) is 1.67. The van der Waals surface area contributed by atoms with Gasteiger partial charge in [0.05, 0.1) is 11.9 Å². The molecule has 2 rings (SSSR count). The molecule has 0 spiro atoms. The van der Waals surface area contributed by atoms with E-state index in [2.05, 4.69) is 5.32 Å². The zero-order chi connectivity index (χ0) is 25.6. The van der Waals surface area contributed by atoms with Crippen LogP contribution in [0.3, 0.4) is 0 Å². The summed E-state index contributed by atoms with van der Waals surface area (Å²) in [7, 11) is -3.83. The molecule has 0 aliphatic heterocycles. The molecule has 2 amide bonds. The SMILES string of the molecule is Cc1ccc(Cl)cc1N(CC(=O)N(Cc1cccc(Cl)c1)[C@H](C)C(=O)NCC(C)C)S(C)(=O)=O. The van der Waals surface area contributed by atoms with Crippen LogP contribution in [-0.4, -0.2) is 50.5 Å². The first kappa shape index (κ1) is 28.0. The molecule has 0 radical (unpaired) electrons. The van der Waals surface area contributed by atoms with Gasteiger partial charge in [-0.1, -0.05) is 55.2 Å². The van der Waals surface area contributed by atoms with Crippen LogP contribution in [0.1, 0.15) is 31.9 Å². The average molecular weight is 529 g/mol. The van der Waals surface area contributed by atoms with Crippen LogP contribution in [0.4, 0.5) is 5.69 Å². The molecule has 186 valence electrons. The molecule has 0 fully saturated rings. The molecule has 0 saturated carbocycles. The minimum absolute atomic E-state index is 0.0851. The van der Waals surface area contributed by atoms with E-state index in [1.165, 1.54) is 11.0 Å². The number of halogens is 2. The lowest BCUT2D eigenvalue weighted by Gasteiger charge is -2.32. The van der Waals surface area contributed by atoms with Crippen molar-refractivity contribution in [3.8, 4) is 0 Å². The largest absolute Gasteiger partial charge is 0.354 e. The Morgan fingerprint density at radius 3 is 2.26 bits per heavy atom. The van der Waals surface area contributed by atoms with Crippen LogP contribution >= 0.6 is 23.2 Å². The molecule has 10 heteroatoms. The molecule has 34 heavy (non-hydrogen) atoms. The minimum atomic E-state index is -3.83. The normalized spacial score (nSPS) is 12.4. The number of nitrogens with zero attached hydrogens (tertiary/aromatic N) is 2. The number of rotatable bonds is 10. The van der Waals surface area contributed by atoms with E-state index in [4.69, 9.17) is 23.2 Å². The average Bonchev–Trinajstić information content (AvgIpc) is 2.74. The van der Waals surface area contributed by atoms with Crippen molar-refractivity contribution in [1.82, 2.24) is 10.2 Å². The van der Waals surface area contributed by atoms with Crippen LogP contribution in [0.5, 0.6) is 0 Å². The maximum Gasteiger partial charge on any atom is 0.244 e. The summed E-state index contributed by atoms with van der Waals surface area (Å²) in [6, 6.07) is 11.0. The van der Waals surface area contributed by atoms with Crippen LogP contribution in [0.15, 0.2) is 42.5 Å². The molecule has 0 bridgehead atoms. The van der Waals surface area contributed by atoms with Gasteiger partial charge in [-0.05, 0) is 55.2 Å². The number of nitrogens with one attached hydrogen (secondary N) is 1. The topological polar surface area (TPSA) is 86.8 Å². The molecule has 0 aromatic heterocycles. The molecule has 2 aromatic carbocycles. The Labute approximate surface area is 212 Å². The van der Waals surface area contributed by atoms with Gasteiger partial charge in [0.15, 0.2) is 0 Å². The van der Waals surface area contributed by atoms with Crippen molar-refractivity contribution in [2.45, 2.75) is 40.3 Å². The van der Waals surface area contributed by atoms with Gasteiger partial charge in [0.25, 0.3) is 0 Å². The minimum Gasteiger partial charge on any atom is -0.354 e. The van der Waals surface area contributed by atoms with Gasteiger partial charge in [0, 0.05) is 23.1 Å².